The Morgan fingerprint density at radius 2 is 1.90 bits per heavy atom. The Hall–Kier alpha value is -1.31. The van der Waals surface area contributed by atoms with E-state index in [1.165, 1.54) is 36.0 Å². The molecular formula is C18H19ClO. The van der Waals surface area contributed by atoms with Crippen LogP contribution >= 0.6 is 11.6 Å². The highest BCUT2D eigenvalue weighted by Gasteiger charge is 2.24. The molecule has 1 aliphatic carbocycles. The highest BCUT2D eigenvalue weighted by atomic mass is 35.5. The van der Waals surface area contributed by atoms with Crippen LogP contribution in [0.2, 0.25) is 5.02 Å². The van der Waals surface area contributed by atoms with Crippen LogP contribution in [0.1, 0.15) is 35.6 Å². The second-order valence-electron chi connectivity index (χ2n) is 5.92. The fourth-order valence-corrected chi connectivity index (χ4v) is 3.25. The van der Waals surface area contributed by atoms with Crippen molar-refractivity contribution in [3.63, 3.8) is 0 Å². The maximum absolute atomic E-state index is 10.8. The van der Waals surface area contributed by atoms with Gasteiger partial charge in [0.1, 0.15) is 0 Å². The fraction of sp³-hybridized carbons (Fsp3) is 0.333. The van der Waals surface area contributed by atoms with Gasteiger partial charge in [-0.1, -0.05) is 41.9 Å². The van der Waals surface area contributed by atoms with Gasteiger partial charge in [-0.05, 0) is 60.6 Å². The van der Waals surface area contributed by atoms with Crippen molar-refractivity contribution in [1.29, 1.82) is 0 Å². The zero-order valence-corrected chi connectivity index (χ0v) is 12.5. The summed E-state index contributed by atoms with van der Waals surface area (Å²) in [6.07, 6.45) is 4.23. The molecule has 1 atom stereocenters. The molecule has 1 unspecified atom stereocenters. The summed E-state index contributed by atoms with van der Waals surface area (Å²) in [5.41, 5.74) is 4.08. The molecule has 104 valence electrons. The van der Waals surface area contributed by atoms with Crippen molar-refractivity contribution < 1.29 is 5.11 Å². The molecule has 0 saturated heterocycles. The van der Waals surface area contributed by atoms with E-state index in [1.807, 2.05) is 31.2 Å². The first-order valence-electron chi connectivity index (χ1n) is 7.14. The molecule has 0 spiro atoms. The molecule has 1 aliphatic rings. The molecule has 0 heterocycles. The number of aryl methyl sites for hydroxylation is 2. The zero-order chi connectivity index (χ0) is 14.2. The van der Waals surface area contributed by atoms with Crippen LogP contribution in [-0.2, 0) is 24.9 Å². The smallest absolute Gasteiger partial charge is 0.0909 e. The Morgan fingerprint density at radius 3 is 2.70 bits per heavy atom. The van der Waals surface area contributed by atoms with Gasteiger partial charge in [0.15, 0.2) is 0 Å². The van der Waals surface area contributed by atoms with Crippen LogP contribution in [-0.4, -0.2) is 5.11 Å². The van der Waals surface area contributed by atoms with E-state index in [1.54, 1.807) is 0 Å². The fourth-order valence-electron chi connectivity index (χ4n) is 3.06. The molecule has 2 aromatic carbocycles. The van der Waals surface area contributed by atoms with Crippen molar-refractivity contribution in [3.8, 4) is 0 Å². The van der Waals surface area contributed by atoms with Crippen LogP contribution in [0.5, 0.6) is 0 Å². The van der Waals surface area contributed by atoms with Gasteiger partial charge in [0.05, 0.1) is 5.60 Å². The predicted molar refractivity (Wildman–Crippen MR) is 83.2 cm³/mol. The summed E-state index contributed by atoms with van der Waals surface area (Å²) >= 11 is 6.02. The maximum atomic E-state index is 10.8. The van der Waals surface area contributed by atoms with Crippen LogP contribution in [0.4, 0.5) is 0 Å². The lowest BCUT2D eigenvalue weighted by Crippen LogP contribution is -2.24. The van der Waals surface area contributed by atoms with Crippen LogP contribution in [0.15, 0.2) is 42.5 Å². The second-order valence-corrected chi connectivity index (χ2v) is 6.35. The quantitative estimate of drug-likeness (QED) is 0.893. The third-order valence-corrected chi connectivity index (χ3v) is 4.39. The van der Waals surface area contributed by atoms with E-state index >= 15 is 0 Å². The SMILES string of the molecule is CC(O)(Cc1ccc2c(c1)CCC2)c1cccc(Cl)c1. The second kappa shape index (κ2) is 5.23. The van der Waals surface area contributed by atoms with Crippen molar-refractivity contribution in [2.24, 2.45) is 0 Å². The van der Waals surface area contributed by atoms with Gasteiger partial charge in [0, 0.05) is 11.4 Å². The van der Waals surface area contributed by atoms with Gasteiger partial charge in [-0.2, -0.15) is 0 Å². The number of hydrogen-bond donors (Lipinski definition) is 1. The third kappa shape index (κ3) is 2.74. The van der Waals surface area contributed by atoms with E-state index in [0.717, 1.165) is 5.56 Å². The number of hydrogen-bond acceptors (Lipinski definition) is 1. The van der Waals surface area contributed by atoms with Gasteiger partial charge in [0.2, 0.25) is 0 Å². The number of aliphatic hydroxyl groups is 1. The molecule has 0 saturated carbocycles. The molecule has 1 N–H and O–H groups in total. The van der Waals surface area contributed by atoms with Gasteiger partial charge < -0.3 is 5.11 Å². The van der Waals surface area contributed by atoms with E-state index < -0.39 is 5.60 Å². The zero-order valence-electron chi connectivity index (χ0n) is 11.7. The number of fused-ring (bicyclic) bond motifs is 1. The number of benzene rings is 2. The van der Waals surface area contributed by atoms with E-state index in [-0.39, 0.29) is 0 Å². The molecule has 0 bridgehead atoms. The standard InChI is InChI=1S/C18H19ClO/c1-18(20,16-6-3-7-17(19)11-16)12-13-8-9-14-4-2-5-15(14)10-13/h3,6-11,20H,2,4-5,12H2,1H3. The Balaban J connectivity index is 1.86. The molecule has 2 heteroatoms. The lowest BCUT2D eigenvalue weighted by Gasteiger charge is -2.24. The molecule has 0 aromatic heterocycles. The maximum Gasteiger partial charge on any atom is 0.0909 e. The highest BCUT2D eigenvalue weighted by molar-refractivity contribution is 6.30. The molecule has 0 aliphatic heterocycles. The van der Waals surface area contributed by atoms with Gasteiger partial charge in [-0.25, -0.2) is 0 Å². The largest absolute Gasteiger partial charge is 0.385 e. The molecule has 1 nitrogen and oxygen atoms in total. The Bertz CT molecular complexity index is 631. The summed E-state index contributed by atoms with van der Waals surface area (Å²) in [5, 5.41) is 11.4. The van der Waals surface area contributed by atoms with Crippen molar-refractivity contribution in [2.75, 3.05) is 0 Å². The first-order valence-corrected chi connectivity index (χ1v) is 7.51. The summed E-state index contributed by atoms with van der Waals surface area (Å²) in [6, 6.07) is 14.1. The number of halogens is 1. The number of rotatable bonds is 3. The van der Waals surface area contributed by atoms with Crippen molar-refractivity contribution in [2.45, 2.75) is 38.2 Å². The van der Waals surface area contributed by atoms with Crippen molar-refractivity contribution in [3.05, 3.63) is 69.7 Å². The van der Waals surface area contributed by atoms with Gasteiger partial charge in [0.25, 0.3) is 0 Å². The Labute approximate surface area is 125 Å². The molecular weight excluding hydrogens is 268 g/mol. The Kier molecular flexibility index (Phi) is 3.57. The van der Waals surface area contributed by atoms with Gasteiger partial charge >= 0.3 is 0 Å². The molecule has 0 radical (unpaired) electrons. The topological polar surface area (TPSA) is 20.2 Å². The first kappa shape index (κ1) is 13.7. The minimum absolute atomic E-state index is 0.612. The van der Waals surface area contributed by atoms with Gasteiger partial charge in [-0.3, -0.25) is 0 Å². The summed E-state index contributed by atoms with van der Waals surface area (Å²) in [5.74, 6) is 0. The van der Waals surface area contributed by atoms with Crippen LogP contribution in [0, 0.1) is 0 Å². The van der Waals surface area contributed by atoms with Gasteiger partial charge in [-0.15, -0.1) is 0 Å². The first-order chi connectivity index (χ1) is 9.54. The minimum Gasteiger partial charge on any atom is -0.385 e. The molecule has 20 heavy (non-hydrogen) atoms. The minimum atomic E-state index is -0.891. The van der Waals surface area contributed by atoms with Crippen molar-refractivity contribution in [1.82, 2.24) is 0 Å². The summed E-state index contributed by atoms with van der Waals surface area (Å²) in [7, 11) is 0. The van der Waals surface area contributed by atoms with E-state index in [9.17, 15) is 5.11 Å². The molecule has 3 rings (SSSR count). The summed E-state index contributed by atoms with van der Waals surface area (Å²) < 4.78 is 0. The lowest BCUT2D eigenvalue weighted by atomic mass is 9.88. The summed E-state index contributed by atoms with van der Waals surface area (Å²) in [6.45, 7) is 1.85. The van der Waals surface area contributed by atoms with Crippen LogP contribution < -0.4 is 0 Å². The third-order valence-electron chi connectivity index (χ3n) is 4.16. The molecule has 0 fully saturated rings. The Morgan fingerprint density at radius 1 is 1.10 bits per heavy atom. The monoisotopic (exact) mass is 286 g/mol. The van der Waals surface area contributed by atoms with Crippen LogP contribution in [0.3, 0.4) is 0 Å². The van der Waals surface area contributed by atoms with Crippen molar-refractivity contribution >= 4 is 11.6 Å². The van der Waals surface area contributed by atoms with E-state index in [2.05, 4.69) is 18.2 Å². The average Bonchev–Trinajstić information content (AvgIpc) is 2.85. The predicted octanol–water partition coefficient (Wildman–Crippen LogP) is 4.28. The van der Waals surface area contributed by atoms with E-state index in [0.29, 0.717) is 11.4 Å². The molecule has 0 amide bonds. The summed E-state index contributed by atoms with van der Waals surface area (Å²) in [4.78, 5) is 0. The molecule has 2 aromatic rings. The highest BCUT2D eigenvalue weighted by Crippen LogP contribution is 2.29. The van der Waals surface area contributed by atoms with E-state index in [4.69, 9.17) is 11.6 Å². The average molecular weight is 287 g/mol. The normalized spacial score (nSPS) is 16.8. The van der Waals surface area contributed by atoms with Crippen LogP contribution in [0.25, 0.3) is 0 Å². The lowest BCUT2D eigenvalue weighted by molar-refractivity contribution is 0.0576.